The number of benzene rings is 1. The number of likely N-dealkylation sites (N-methyl/N-ethyl adjacent to an activating group) is 1. The van der Waals surface area contributed by atoms with Gasteiger partial charge in [-0.05, 0) is 44.2 Å². The van der Waals surface area contributed by atoms with E-state index < -0.39 is 0 Å². The van der Waals surface area contributed by atoms with E-state index in [0.29, 0.717) is 27.3 Å². The molecule has 1 aliphatic rings. The van der Waals surface area contributed by atoms with E-state index in [-0.39, 0.29) is 5.82 Å². The quantitative estimate of drug-likeness (QED) is 0.444. The average molecular weight is 483 g/mol. The van der Waals surface area contributed by atoms with Crippen molar-refractivity contribution in [3.05, 3.63) is 40.7 Å². The van der Waals surface area contributed by atoms with E-state index in [1.165, 1.54) is 23.5 Å². The molecule has 1 aromatic carbocycles. The maximum Gasteiger partial charge on any atom is 0.216 e. The van der Waals surface area contributed by atoms with E-state index in [1.807, 2.05) is 23.5 Å². The van der Waals surface area contributed by atoms with E-state index in [9.17, 15) is 9.65 Å². The smallest absolute Gasteiger partial charge is 0.216 e. The standard InChI is InChI=1S/C22H23FN8S2/c1-4-16-19(31-21(26-16)33-22(28-31)30-10-9-15(12-30)25-2)29(3)20-27-18(17(11-24)32-20)13-5-7-14(23)8-6-13/h5-8,15,25H,4,9-10,12H2,1-3H3. The van der Waals surface area contributed by atoms with Gasteiger partial charge in [-0.2, -0.15) is 9.78 Å². The molecule has 1 N–H and O–H groups in total. The number of nitriles is 1. The minimum Gasteiger partial charge on any atom is -0.345 e. The third kappa shape index (κ3) is 3.84. The number of aromatic nitrogens is 4. The van der Waals surface area contributed by atoms with E-state index >= 15 is 0 Å². The molecule has 4 aromatic rings. The monoisotopic (exact) mass is 482 g/mol. The van der Waals surface area contributed by atoms with Crippen LogP contribution in [-0.4, -0.2) is 52.8 Å². The highest BCUT2D eigenvalue weighted by molar-refractivity contribution is 7.20. The van der Waals surface area contributed by atoms with E-state index in [1.54, 1.807) is 23.5 Å². The summed E-state index contributed by atoms with van der Waals surface area (Å²) in [5.41, 5.74) is 2.19. The molecule has 5 rings (SSSR count). The van der Waals surface area contributed by atoms with Crippen LogP contribution in [0.4, 0.5) is 20.5 Å². The van der Waals surface area contributed by atoms with Crippen LogP contribution < -0.4 is 15.1 Å². The van der Waals surface area contributed by atoms with Crippen molar-refractivity contribution < 1.29 is 4.39 Å². The molecule has 1 saturated heterocycles. The Bertz CT molecular complexity index is 1330. The van der Waals surface area contributed by atoms with Gasteiger partial charge in [-0.1, -0.05) is 29.6 Å². The van der Waals surface area contributed by atoms with Crippen LogP contribution in [0.25, 0.3) is 16.2 Å². The van der Waals surface area contributed by atoms with Crippen molar-refractivity contribution in [3.8, 4) is 17.3 Å². The fourth-order valence-corrected chi connectivity index (χ4v) is 5.86. The molecule has 4 heterocycles. The normalized spacial score (nSPS) is 16.0. The first kappa shape index (κ1) is 21.8. The number of rotatable bonds is 6. The van der Waals surface area contributed by atoms with Gasteiger partial charge in [0.15, 0.2) is 10.9 Å². The van der Waals surface area contributed by atoms with Crippen LogP contribution in [0.2, 0.25) is 0 Å². The molecule has 0 aliphatic carbocycles. The van der Waals surface area contributed by atoms with Gasteiger partial charge in [0, 0.05) is 31.7 Å². The van der Waals surface area contributed by atoms with Gasteiger partial charge in [-0.15, -0.1) is 5.10 Å². The Morgan fingerprint density at radius 3 is 2.73 bits per heavy atom. The Morgan fingerprint density at radius 1 is 1.27 bits per heavy atom. The molecule has 1 aliphatic heterocycles. The first-order valence-corrected chi connectivity index (χ1v) is 12.4. The average Bonchev–Trinajstić information content (AvgIpc) is 3.60. The van der Waals surface area contributed by atoms with Crippen LogP contribution in [0.5, 0.6) is 0 Å². The highest BCUT2D eigenvalue weighted by atomic mass is 32.1. The summed E-state index contributed by atoms with van der Waals surface area (Å²) in [6, 6.07) is 8.75. The van der Waals surface area contributed by atoms with Crippen molar-refractivity contribution in [2.24, 2.45) is 0 Å². The van der Waals surface area contributed by atoms with Crippen molar-refractivity contribution in [2.45, 2.75) is 25.8 Å². The Hall–Kier alpha value is -3.07. The number of imidazole rings is 1. The number of hydrogen-bond donors (Lipinski definition) is 1. The van der Waals surface area contributed by atoms with Crippen LogP contribution >= 0.6 is 22.7 Å². The predicted molar refractivity (Wildman–Crippen MR) is 130 cm³/mol. The molecule has 3 aromatic heterocycles. The van der Waals surface area contributed by atoms with Gasteiger partial charge < -0.3 is 15.1 Å². The van der Waals surface area contributed by atoms with Crippen LogP contribution in [0.3, 0.4) is 0 Å². The van der Waals surface area contributed by atoms with Gasteiger partial charge in [0.05, 0.1) is 5.69 Å². The zero-order valence-corrected chi connectivity index (χ0v) is 20.2. The lowest BCUT2D eigenvalue weighted by molar-refractivity contribution is 0.616. The Labute approximate surface area is 198 Å². The lowest BCUT2D eigenvalue weighted by Crippen LogP contribution is -2.29. The van der Waals surface area contributed by atoms with E-state index in [2.05, 4.69) is 23.2 Å². The lowest BCUT2D eigenvalue weighted by Gasteiger charge is -2.16. The van der Waals surface area contributed by atoms with Gasteiger partial charge in [-0.25, -0.2) is 14.4 Å². The van der Waals surface area contributed by atoms with E-state index in [0.717, 1.165) is 47.5 Å². The molecule has 170 valence electrons. The maximum atomic E-state index is 13.4. The number of thiazole rings is 1. The van der Waals surface area contributed by atoms with Crippen LogP contribution in [0.15, 0.2) is 24.3 Å². The lowest BCUT2D eigenvalue weighted by atomic mass is 10.1. The minimum absolute atomic E-state index is 0.322. The molecule has 8 nitrogen and oxygen atoms in total. The molecule has 1 unspecified atom stereocenters. The number of nitrogens with one attached hydrogen (secondary N) is 1. The van der Waals surface area contributed by atoms with E-state index in [4.69, 9.17) is 15.1 Å². The second kappa shape index (κ2) is 8.70. The molecule has 0 bridgehead atoms. The fourth-order valence-electron chi connectivity index (χ4n) is 4.06. The number of fused-ring (bicyclic) bond motifs is 1. The third-order valence-electron chi connectivity index (χ3n) is 5.88. The molecule has 33 heavy (non-hydrogen) atoms. The molecule has 0 amide bonds. The summed E-state index contributed by atoms with van der Waals surface area (Å²) in [4.78, 5) is 15.1. The molecule has 0 radical (unpaired) electrons. The Balaban J connectivity index is 1.53. The largest absolute Gasteiger partial charge is 0.345 e. The van der Waals surface area contributed by atoms with Crippen molar-refractivity contribution in [3.63, 3.8) is 0 Å². The summed E-state index contributed by atoms with van der Waals surface area (Å²) < 4.78 is 15.3. The van der Waals surface area contributed by atoms with Gasteiger partial charge >= 0.3 is 0 Å². The Kier molecular flexibility index (Phi) is 5.74. The summed E-state index contributed by atoms with van der Waals surface area (Å²) in [5.74, 6) is 0.528. The van der Waals surface area contributed by atoms with Crippen molar-refractivity contribution in [1.82, 2.24) is 24.9 Å². The van der Waals surface area contributed by atoms with Crippen molar-refractivity contribution in [1.29, 1.82) is 5.26 Å². The maximum absolute atomic E-state index is 13.4. The first-order valence-electron chi connectivity index (χ1n) is 10.7. The molecule has 1 fully saturated rings. The summed E-state index contributed by atoms with van der Waals surface area (Å²) in [6.07, 6.45) is 1.84. The molecule has 0 spiro atoms. The molecule has 0 saturated carbocycles. The van der Waals surface area contributed by atoms with Crippen LogP contribution in [0, 0.1) is 17.1 Å². The SMILES string of the molecule is CCc1nc2sc(N3CCC(NC)C3)nn2c1N(C)c1nc(-c2ccc(F)cc2)c(C#N)s1. The number of aryl methyl sites for hydroxylation is 1. The zero-order valence-electron chi connectivity index (χ0n) is 18.5. The number of anilines is 3. The van der Waals surface area contributed by atoms with Gasteiger partial charge in [-0.3, -0.25) is 0 Å². The van der Waals surface area contributed by atoms with Gasteiger partial charge in [0.25, 0.3) is 0 Å². The molecule has 1 atom stereocenters. The van der Waals surface area contributed by atoms with Crippen LogP contribution in [-0.2, 0) is 6.42 Å². The highest BCUT2D eigenvalue weighted by Gasteiger charge is 2.27. The summed E-state index contributed by atoms with van der Waals surface area (Å²) in [6.45, 7) is 3.96. The summed E-state index contributed by atoms with van der Waals surface area (Å²) in [7, 11) is 3.91. The summed E-state index contributed by atoms with van der Waals surface area (Å²) in [5, 5.41) is 19.5. The second-order valence-electron chi connectivity index (χ2n) is 7.89. The van der Waals surface area contributed by atoms with Crippen LogP contribution in [0.1, 0.15) is 23.9 Å². The molecular formula is C22H23FN8S2. The molecule has 11 heteroatoms. The summed E-state index contributed by atoms with van der Waals surface area (Å²) >= 11 is 2.89. The zero-order chi connectivity index (χ0) is 23.1. The predicted octanol–water partition coefficient (Wildman–Crippen LogP) is 4.05. The topological polar surface area (TPSA) is 85.4 Å². The third-order valence-corrected chi connectivity index (χ3v) is 7.89. The number of halogens is 1. The van der Waals surface area contributed by atoms with Gasteiger partial charge in [0.1, 0.15) is 22.5 Å². The van der Waals surface area contributed by atoms with Crippen molar-refractivity contribution >= 4 is 43.7 Å². The van der Waals surface area contributed by atoms with Gasteiger partial charge in [0.2, 0.25) is 10.1 Å². The first-order chi connectivity index (χ1) is 16.0. The number of nitrogens with zero attached hydrogens (tertiary/aromatic N) is 7. The Morgan fingerprint density at radius 2 is 2.06 bits per heavy atom. The second-order valence-corrected chi connectivity index (χ2v) is 9.80. The van der Waals surface area contributed by atoms with Crippen molar-refractivity contribution in [2.75, 3.05) is 37.0 Å². The minimum atomic E-state index is -0.322. The molecular weight excluding hydrogens is 459 g/mol. The fraction of sp³-hybridized carbons (Fsp3) is 0.364. The highest BCUT2D eigenvalue weighted by Crippen LogP contribution is 2.38. The number of hydrogen-bond acceptors (Lipinski definition) is 9.